The Morgan fingerprint density at radius 3 is 2.71 bits per heavy atom. The maximum Gasteiger partial charge on any atom is 0.224 e. The molecule has 0 saturated carbocycles. The third-order valence-electron chi connectivity index (χ3n) is 2.89. The molecule has 0 fully saturated rings. The fraction of sp³-hybridized carbons (Fsp3) is 0.667. The van der Waals surface area contributed by atoms with E-state index in [1.54, 1.807) is 12.5 Å². The molecule has 5 nitrogen and oxygen atoms in total. The van der Waals surface area contributed by atoms with Crippen LogP contribution >= 0.6 is 0 Å². The van der Waals surface area contributed by atoms with Crippen LogP contribution in [0.25, 0.3) is 0 Å². The lowest BCUT2D eigenvalue weighted by Gasteiger charge is -2.19. The Kier molecular flexibility index (Phi) is 5.15. The molecule has 1 amide bonds. The van der Waals surface area contributed by atoms with Crippen molar-refractivity contribution in [1.29, 1.82) is 0 Å². The number of carbonyl (C=O) groups is 1. The fourth-order valence-corrected chi connectivity index (χ4v) is 1.85. The second kappa shape index (κ2) is 6.39. The summed E-state index contributed by atoms with van der Waals surface area (Å²) in [5, 5.41) is 0. The van der Waals surface area contributed by atoms with Crippen LogP contribution in [0.1, 0.15) is 38.9 Å². The molecule has 0 spiro atoms. The van der Waals surface area contributed by atoms with E-state index in [9.17, 15) is 4.79 Å². The van der Waals surface area contributed by atoms with Gasteiger partial charge in [-0.1, -0.05) is 0 Å². The van der Waals surface area contributed by atoms with E-state index < -0.39 is 0 Å². The number of aryl methyl sites for hydroxylation is 1. The van der Waals surface area contributed by atoms with Gasteiger partial charge >= 0.3 is 0 Å². The van der Waals surface area contributed by atoms with Gasteiger partial charge in [0.15, 0.2) is 0 Å². The zero-order chi connectivity index (χ0) is 12.8. The lowest BCUT2D eigenvalue weighted by molar-refractivity contribution is -0.131. The molecule has 0 aliphatic heterocycles. The number of nitrogens with zero attached hydrogens (tertiary/aromatic N) is 3. The molecule has 2 N–H and O–H groups in total. The number of aromatic nitrogens is 2. The van der Waals surface area contributed by atoms with Gasteiger partial charge in [-0.3, -0.25) is 4.79 Å². The first-order valence-electron chi connectivity index (χ1n) is 6.13. The zero-order valence-corrected chi connectivity index (χ0v) is 10.9. The number of rotatable bonds is 6. The molecule has 1 rings (SSSR count). The summed E-state index contributed by atoms with van der Waals surface area (Å²) >= 11 is 0. The maximum atomic E-state index is 11.8. The molecule has 0 unspecified atom stereocenters. The van der Waals surface area contributed by atoms with Gasteiger partial charge in [0, 0.05) is 38.3 Å². The van der Waals surface area contributed by atoms with E-state index in [1.807, 2.05) is 30.2 Å². The van der Waals surface area contributed by atoms with E-state index in [0.29, 0.717) is 13.0 Å². The lowest BCUT2D eigenvalue weighted by atomic mass is 10.2. The number of hydrogen-bond donors (Lipinski definition) is 1. The Bertz CT molecular complexity index is 355. The quantitative estimate of drug-likeness (QED) is 0.809. The van der Waals surface area contributed by atoms with Gasteiger partial charge in [0.05, 0.1) is 12.0 Å². The summed E-state index contributed by atoms with van der Waals surface area (Å²) < 4.78 is 1.95. The minimum atomic E-state index is -0.0546. The highest BCUT2D eigenvalue weighted by Crippen LogP contribution is 2.09. The highest BCUT2D eigenvalue weighted by Gasteiger charge is 2.11. The van der Waals surface area contributed by atoms with Gasteiger partial charge in [-0.25, -0.2) is 4.98 Å². The molecule has 17 heavy (non-hydrogen) atoms. The number of nitrogens with two attached hydrogens (primary N) is 1. The van der Waals surface area contributed by atoms with Crippen molar-refractivity contribution >= 4 is 5.91 Å². The molecule has 0 bridgehead atoms. The van der Waals surface area contributed by atoms with Gasteiger partial charge in [-0.05, 0) is 20.8 Å². The second-order valence-corrected chi connectivity index (χ2v) is 4.12. The number of hydrogen-bond acceptors (Lipinski definition) is 3. The first kappa shape index (κ1) is 13.7. The average molecular weight is 238 g/mol. The van der Waals surface area contributed by atoms with Crippen molar-refractivity contribution in [3.63, 3.8) is 0 Å². The Labute approximate surface area is 103 Å². The largest absolute Gasteiger partial charge is 0.343 e. The van der Waals surface area contributed by atoms with Gasteiger partial charge in [-0.2, -0.15) is 0 Å². The highest BCUT2D eigenvalue weighted by molar-refractivity contribution is 5.76. The van der Waals surface area contributed by atoms with Crippen LogP contribution in [-0.4, -0.2) is 33.4 Å². The SMILES string of the molecule is CCN(CC)C(=O)CCn1cncc1[C@H](C)N. The van der Waals surface area contributed by atoms with Gasteiger partial charge in [0.1, 0.15) is 0 Å². The predicted octanol–water partition coefficient (Wildman–Crippen LogP) is 1.16. The first-order chi connectivity index (χ1) is 8.10. The van der Waals surface area contributed by atoms with Crippen LogP contribution < -0.4 is 5.73 Å². The van der Waals surface area contributed by atoms with Crippen LogP contribution in [0, 0.1) is 0 Å². The van der Waals surface area contributed by atoms with E-state index in [2.05, 4.69) is 4.98 Å². The maximum absolute atomic E-state index is 11.8. The monoisotopic (exact) mass is 238 g/mol. The van der Waals surface area contributed by atoms with Crippen molar-refractivity contribution in [3.05, 3.63) is 18.2 Å². The van der Waals surface area contributed by atoms with Gasteiger partial charge < -0.3 is 15.2 Å². The van der Waals surface area contributed by atoms with Gasteiger partial charge in [0.25, 0.3) is 0 Å². The first-order valence-corrected chi connectivity index (χ1v) is 6.13. The summed E-state index contributed by atoms with van der Waals surface area (Å²) in [6.07, 6.45) is 3.98. The van der Waals surface area contributed by atoms with Crippen LogP contribution in [0.15, 0.2) is 12.5 Å². The van der Waals surface area contributed by atoms with Crippen molar-refractivity contribution in [1.82, 2.24) is 14.5 Å². The average Bonchev–Trinajstić information content (AvgIpc) is 2.76. The van der Waals surface area contributed by atoms with E-state index in [1.165, 1.54) is 0 Å². The van der Waals surface area contributed by atoms with Crippen molar-refractivity contribution in [2.24, 2.45) is 5.73 Å². The molecule has 0 saturated heterocycles. The van der Waals surface area contributed by atoms with Crippen molar-refractivity contribution in [2.75, 3.05) is 13.1 Å². The van der Waals surface area contributed by atoms with Crippen molar-refractivity contribution < 1.29 is 4.79 Å². The van der Waals surface area contributed by atoms with Crippen LogP contribution in [-0.2, 0) is 11.3 Å². The van der Waals surface area contributed by atoms with Gasteiger partial charge in [0.2, 0.25) is 5.91 Å². The predicted molar refractivity (Wildman–Crippen MR) is 67.4 cm³/mol. The minimum Gasteiger partial charge on any atom is -0.343 e. The van der Waals surface area contributed by atoms with Crippen LogP contribution in [0.5, 0.6) is 0 Å². The standard InChI is InChI=1S/C12H22N4O/c1-4-15(5-2)12(17)6-7-16-9-14-8-11(16)10(3)13/h8-10H,4-7,13H2,1-3H3/t10-/m0/s1. The topological polar surface area (TPSA) is 64.2 Å². The van der Waals surface area contributed by atoms with E-state index in [-0.39, 0.29) is 11.9 Å². The molecule has 1 aromatic rings. The van der Waals surface area contributed by atoms with Crippen LogP contribution in [0.2, 0.25) is 0 Å². The third-order valence-corrected chi connectivity index (χ3v) is 2.89. The normalized spacial score (nSPS) is 12.5. The van der Waals surface area contributed by atoms with Crippen LogP contribution in [0.3, 0.4) is 0 Å². The molecule has 0 radical (unpaired) electrons. The Balaban J connectivity index is 2.55. The summed E-state index contributed by atoms with van der Waals surface area (Å²) in [4.78, 5) is 17.7. The van der Waals surface area contributed by atoms with Gasteiger partial charge in [-0.15, -0.1) is 0 Å². The highest BCUT2D eigenvalue weighted by atomic mass is 16.2. The fourth-order valence-electron chi connectivity index (χ4n) is 1.85. The molecule has 96 valence electrons. The molecule has 0 aliphatic rings. The number of carbonyl (C=O) groups excluding carboxylic acids is 1. The molecular formula is C12H22N4O. The molecule has 5 heteroatoms. The van der Waals surface area contributed by atoms with Crippen LogP contribution in [0.4, 0.5) is 0 Å². The molecule has 0 aromatic carbocycles. The van der Waals surface area contributed by atoms with E-state index >= 15 is 0 Å². The second-order valence-electron chi connectivity index (χ2n) is 4.12. The molecule has 1 atom stereocenters. The van der Waals surface area contributed by atoms with Crippen molar-refractivity contribution in [3.8, 4) is 0 Å². The lowest BCUT2D eigenvalue weighted by Crippen LogP contribution is -2.31. The summed E-state index contributed by atoms with van der Waals surface area (Å²) in [5.74, 6) is 0.180. The summed E-state index contributed by atoms with van der Waals surface area (Å²) in [5.41, 5.74) is 6.79. The molecular weight excluding hydrogens is 216 g/mol. The molecule has 1 aromatic heterocycles. The molecule has 0 aliphatic carbocycles. The number of amides is 1. The van der Waals surface area contributed by atoms with Crippen molar-refractivity contribution in [2.45, 2.75) is 39.8 Å². The van der Waals surface area contributed by atoms with E-state index in [4.69, 9.17) is 5.73 Å². The summed E-state index contributed by atoms with van der Waals surface area (Å²) in [6, 6.07) is -0.0546. The Hall–Kier alpha value is -1.36. The van der Waals surface area contributed by atoms with E-state index in [0.717, 1.165) is 18.8 Å². The smallest absolute Gasteiger partial charge is 0.224 e. The third kappa shape index (κ3) is 3.56. The zero-order valence-electron chi connectivity index (χ0n) is 10.9. The Morgan fingerprint density at radius 1 is 1.53 bits per heavy atom. The molecule has 1 heterocycles. The number of imidazole rings is 1. The summed E-state index contributed by atoms with van der Waals surface area (Å²) in [7, 11) is 0. The minimum absolute atomic E-state index is 0.0546. The summed E-state index contributed by atoms with van der Waals surface area (Å²) in [6.45, 7) is 8.07. The Morgan fingerprint density at radius 2 is 2.18 bits per heavy atom.